The molecule has 3 nitrogen and oxygen atoms in total. The maximum atomic E-state index is 12.6. The molecular formula is C19H25ClN2O. The van der Waals surface area contributed by atoms with Crippen LogP contribution in [0.2, 0.25) is 0 Å². The van der Waals surface area contributed by atoms with Crippen molar-refractivity contribution in [2.24, 2.45) is 5.73 Å². The molecule has 0 spiro atoms. The van der Waals surface area contributed by atoms with Crippen molar-refractivity contribution in [1.29, 1.82) is 0 Å². The fourth-order valence-corrected chi connectivity index (χ4v) is 2.58. The molecule has 0 fully saturated rings. The number of nitrogens with two attached hydrogens (primary N) is 1. The fraction of sp³-hybridized carbons (Fsp3) is 0.316. The Morgan fingerprint density at radius 3 is 2.30 bits per heavy atom. The Balaban J connectivity index is 0.00000264. The first-order valence-electron chi connectivity index (χ1n) is 7.55. The third-order valence-electron chi connectivity index (χ3n) is 4.31. The molecule has 0 heterocycles. The summed E-state index contributed by atoms with van der Waals surface area (Å²) in [6, 6.07) is 15.5. The normalized spacial score (nSPS) is 14.3. The summed E-state index contributed by atoms with van der Waals surface area (Å²) in [4.78, 5) is 12.6. The van der Waals surface area contributed by atoms with E-state index in [0.717, 1.165) is 11.1 Å². The van der Waals surface area contributed by atoms with Gasteiger partial charge in [0.05, 0.1) is 6.04 Å². The van der Waals surface area contributed by atoms with Crippen LogP contribution in [0.4, 0.5) is 0 Å². The van der Waals surface area contributed by atoms with Crippen molar-refractivity contribution in [3.8, 4) is 0 Å². The van der Waals surface area contributed by atoms with Crippen molar-refractivity contribution >= 4 is 18.3 Å². The molecule has 2 aromatic carbocycles. The number of benzene rings is 2. The van der Waals surface area contributed by atoms with Crippen molar-refractivity contribution in [2.75, 3.05) is 0 Å². The lowest BCUT2D eigenvalue weighted by Crippen LogP contribution is -2.49. The summed E-state index contributed by atoms with van der Waals surface area (Å²) in [5, 5.41) is 3.04. The lowest BCUT2D eigenvalue weighted by Gasteiger charge is -2.27. The van der Waals surface area contributed by atoms with Crippen LogP contribution in [0, 0.1) is 13.8 Å². The first kappa shape index (κ1) is 19.2. The number of amides is 1. The van der Waals surface area contributed by atoms with E-state index in [-0.39, 0.29) is 24.4 Å². The molecule has 3 N–H and O–H groups in total. The minimum Gasteiger partial charge on any atom is -0.348 e. The van der Waals surface area contributed by atoms with E-state index < -0.39 is 5.54 Å². The molecule has 1 amide bonds. The molecule has 0 saturated heterocycles. The van der Waals surface area contributed by atoms with Gasteiger partial charge in [0, 0.05) is 0 Å². The molecule has 0 aliphatic rings. The highest BCUT2D eigenvalue weighted by Gasteiger charge is 2.31. The van der Waals surface area contributed by atoms with Gasteiger partial charge < -0.3 is 11.1 Å². The molecular weight excluding hydrogens is 308 g/mol. The van der Waals surface area contributed by atoms with E-state index in [1.54, 1.807) is 6.92 Å². The largest absolute Gasteiger partial charge is 0.348 e. The minimum absolute atomic E-state index is 0. The number of carbonyl (C=O) groups excluding carboxylic acids is 1. The molecule has 4 heteroatoms. The van der Waals surface area contributed by atoms with Crippen LogP contribution in [0.1, 0.15) is 42.1 Å². The van der Waals surface area contributed by atoms with E-state index in [1.807, 2.05) is 49.4 Å². The average Bonchev–Trinajstić information content (AvgIpc) is 2.50. The van der Waals surface area contributed by atoms with E-state index in [9.17, 15) is 4.79 Å². The zero-order chi connectivity index (χ0) is 16.3. The van der Waals surface area contributed by atoms with Crippen LogP contribution in [0.15, 0.2) is 48.5 Å². The van der Waals surface area contributed by atoms with Crippen molar-refractivity contribution < 1.29 is 4.79 Å². The third kappa shape index (κ3) is 4.12. The zero-order valence-electron chi connectivity index (χ0n) is 14.1. The van der Waals surface area contributed by atoms with Crippen LogP contribution >= 0.6 is 12.4 Å². The lowest BCUT2D eigenvalue weighted by atomic mass is 9.91. The second-order valence-corrected chi connectivity index (χ2v) is 6.05. The second kappa shape index (κ2) is 7.62. The van der Waals surface area contributed by atoms with Gasteiger partial charge in [-0.2, -0.15) is 0 Å². The molecule has 124 valence electrons. The number of hydrogen-bond acceptors (Lipinski definition) is 2. The van der Waals surface area contributed by atoms with E-state index in [0.29, 0.717) is 0 Å². The molecule has 0 aromatic heterocycles. The summed E-state index contributed by atoms with van der Waals surface area (Å²) in [5.74, 6) is -0.174. The molecule has 0 aliphatic heterocycles. The smallest absolute Gasteiger partial charge is 0.244 e. The van der Waals surface area contributed by atoms with Crippen molar-refractivity contribution in [3.05, 3.63) is 70.8 Å². The van der Waals surface area contributed by atoms with E-state index in [4.69, 9.17) is 5.73 Å². The van der Waals surface area contributed by atoms with Gasteiger partial charge in [0.1, 0.15) is 5.54 Å². The number of carbonyl (C=O) groups is 1. The van der Waals surface area contributed by atoms with E-state index in [2.05, 4.69) is 25.2 Å². The molecule has 2 rings (SSSR count). The number of hydrogen-bond donors (Lipinski definition) is 2. The predicted octanol–water partition coefficient (Wildman–Crippen LogP) is 3.78. The average molecular weight is 333 g/mol. The molecule has 23 heavy (non-hydrogen) atoms. The minimum atomic E-state index is -1.05. The first-order chi connectivity index (χ1) is 10.3. The quantitative estimate of drug-likeness (QED) is 0.895. The molecule has 0 saturated carbocycles. The Bertz CT molecular complexity index is 668. The standard InChI is InChI=1S/C19H24N2O.ClH/c1-13-9-8-12-17(14(13)2)15(3)21-18(22)19(4,20)16-10-6-5-7-11-16;/h5-12,15H,20H2,1-4H3,(H,21,22);1H. The SMILES string of the molecule is Cc1cccc(C(C)NC(=O)C(C)(N)c2ccccc2)c1C.Cl. The summed E-state index contributed by atoms with van der Waals surface area (Å²) in [6.45, 7) is 7.88. The molecule has 2 aromatic rings. The summed E-state index contributed by atoms with van der Waals surface area (Å²) < 4.78 is 0. The van der Waals surface area contributed by atoms with Gasteiger partial charge in [0.25, 0.3) is 0 Å². The Morgan fingerprint density at radius 1 is 1.09 bits per heavy atom. The van der Waals surface area contributed by atoms with Crippen LogP contribution < -0.4 is 11.1 Å². The van der Waals surface area contributed by atoms with Crippen LogP contribution in [-0.2, 0) is 10.3 Å². The maximum Gasteiger partial charge on any atom is 0.244 e. The fourth-order valence-electron chi connectivity index (χ4n) is 2.58. The highest BCUT2D eigenvalue weighted by molar-refractivity contribution is 5.87. The highest BCUT2D eigenvalue weighted by atomic mass is 35.5. The Labute approximate surface area is 144 Å². The second-order valence-electron chi connectivity index (χ2n) is 6.05. The maximum absolute atomic E-state index is 12.6. The summed E-state index contributed by atoms with van der Waals surface area (Å²) >= 11 is 0. The Hall–Kier alpha value is -1.84. The zero-order valence-corrected chi connectivity index (χ0v) is 14.9. The van der Waals surface area contributed by atoms with Gasteiger partial charge in [-0.1, -0.05) is 48.5 Å². The Morgan fingerprint density at radius 2 is 1.70 bits per heavy atom. The van der Waals surface area contributed by atoms with Gasteiger partial charge in [-0.05, 0) is 49.9 Å². The predicted molar refractivity (Wildman–Crippen MR) is 97.7 cm³/mol. The van der Waals surface area contributed by atoms with E-state index >= 15 is 0 Å². The number of aryl methyl sites for hydroxylation is 1. The van der Waals surface area contributed by atoms with Crippen LogP contribution in [0.5, 0.6) is 0 Å². The van der Waals surface area contributed by atoms with Gasteiger partial charge in [-0.15, -0.1) is 12.4 Å². The summed E-state index contributed by atoms with van der Waals surface area (Å²) in [6.07, 6.45) is 0. The topological polar surface area (TPSA) is 55.1 Å². The van der Waals surface area contributed by atoms with E-state index in [1.165, 1.54) is 11.1 Å². The van der Waals surface area contributed by atoms with Crippen LogP contribution in [-0.4, -0.2) is 5.91 Å². The highest BCUT2D eigenvalue weighted by Crippen LogP contribution is 2.23. The molecule has 0 aliphatic carbocycles. The number of halogens is 1. The van der Waals surface area contributed by atoms with Gasteiger partial charge >= 0.3 is 0 Å². The summed E-state index contributed by atoms with van der Waals surface area (Å²) in [7, 11) is 0. The van der Waals surface area contributed by atoms with Crippen molar-refractivity contribution in [3.63, 3.8) is 0 Å². The van der Waals surface area contributed by atoms with Crippen molar-refractivity contribution in [1.82, 2.24) is 5.32 Å². The number of nitrogens with one attached hydrogen (secondary N) is 1. The molecule has 2 atom stereocenters. The van der Waals surface area contributed by atoms with Crippen LogP contribution in [0.25, 0.3) is 0 Å². The first-order valence-corrected chi connectivity index (χ1v) is 7.55. The third-order valence-corrected chi connectivity index (χ3v) is 4.31. The summed E-state index contributed by atoms with van der Waals surface area (Å²) in [5.41, 5.74) is 9.57. The van der Waals surface area contributed by atoms with Crippen molar-refractivity contribution in [2.45, 2.75) is 39.3 Å². The molecule has 0 bridgehead atoms. The number of rotatable bonds is 4. The monoisotopic (exact) mass is 332 g/mol. The van der Waals surface area contributed by atoms with Gasteiger partial charge in [-0.3, -0.25) is 4.79 Å². The molecule has 2 unspecified atom stereocenters. The van der Waals surface area contributed by atoms with Crippen LogP contribution in [0.3, 0.4) is 0 Å². The Kier molecular flexibility index (Phi) is 6.37. The van der Waals surface area contributed by atoms with Gasteiger partial charge in [0.2, 0.25) is 5.91 Å². The lowest BCUT2D eigenvalue weighted by molar-refractivity contribution is -0.126. The van der Waals surface area contributed by atoms with Gasteiger partial charge in [0.15, 0.2) is 0 Å². The van der Waals surface area contributed by atoms with Gasteiger partial charge in [-0.25, -0.2) is 0 Å². The molecule has 0 radical (unpaired) electrons.